The molecular formula is C12H14BrClN2O8S. The number of halogens is 2. The minimum Gasteiger partial charge on any atom is -0.384 e. The van der Waals surface area contributed by atoms with Crippen LogP contribution in [0.4, 0.5) is 0 Å². The number of hydrogen-bond acceptors (Lipinski definition) is 8. The Balaban J connectivity index is 2.46. The van der Waals surface area contributed by atoms with Crippen LogP contribution in [0.15, 0.2) is 32.9 Å². The van der Waals surface area contributed by atoms with Crippen molar-refractivity contribution < 1.29 is 27.6 Å². The molecule has 0 spiro atoms. The molecule has 0 aliphatic carbocycles. The van der Waals surface area contributed by atoms with Crippen LogP contribution in [0.2, 0.25) is 0 Å². The normalized spacial score (nSPS) is 31.0. The van der Waals surface area contributed by atoms with Crippen LogP contribution in [0.3, 0.4) is 0 Å². The van der Waals surface area contributed by atoms with E-state index in [0.717, 1.165) is 23.1 Å². The van der Waals surface area contributed by atoms with Crippen LogP contribution in [0.5, 0.6) is 0 Å². The predicted octanol–water partition coefficient (Wildman–Crippen LogP) is -0.984. The summed E-state index contributed by atoms with van der Waals surface area (Å²) in [5, 5.41) is 18.1. The highest BCUT2D eigenvalue weighted by molar-refractivity contribution is 9.10. The highest BCUT2D eigenvalue weighted by Crippen LogP contribution is 2.42. The molecule has 1 unspecified atom stereocenters. The first-order valence-corrected chi connectivity index (χ1v) is 9.64. The maximum absolute atomic E-state index is 11.9. The fourth-order valence-corrected chi connectivity index (χ4v) is 3.47. The number of aromatic nitrogens is 2. The van der Waals surface area contributed by atoms with Crippen molar-refractivity contribution in [1.29, 1.82) is 0 Å². The lowest BCUT2D eigenvalue weighted by Crippen LogP contribution is -2.48. The molecule has 1 aliphatic rings. The summed E-state index contributed by atoms with van der Waals surface area (Å²) in [5.74, 6) is 0. The Bertz CT molecular complexity index is 895. The molecule has 0 bridgehead atoms. The molecule has 3 N–H and O–H groups in total. The molecule has 0 radical (unpaired) electrons. The van der Waals surface area contributed by atoms with Crippen molar-refractivity contribution in [3.05, 3.63) is 44.2 Å². The largest absolute Gasteiger partial charge is 0.384 e. The minimum atomic E-state index is -3.97. The lowest BCUT2D eigenvalue weighted by Gasteiger charge is -2.27. The van der Waals surface area contributed by atoms with Gasteiger partial charge in [-0.05, 0) is 15.9 Å². The van der Waals surface area contributed by atoms with Crippen molar-refractivity contribution in [3.63, 3.8) is 0 Å². The number of rotatable bonds is 5. The highest BCUT2D eigenvalue weighted by Gasteiger charge is 2.58. The highest BCUT2D eigenvalue weighted by atomic mass is 79.9. The first-order valence-electron chi connectivity index (χ1n) is 6.65. The molecule has 2 heterocycles. The van der Waals surface area contributed by atoms with Crippen LogP contribution in [0, 0.1) is 0 Å². The first-order chi connectivity index (χ1) is 11.4. The Hall–Kier alpha value is -1.02. The van der Waals surface area contributed by atoms with Gasteiger partial charge in [0.1, 0.15) is 18.3 Å². The molecule has 5 atom stereocenters. The SMILES string of the molecule is C=CC(OS(C)(=O)=O)[C@H]1O[C@@H](n2cc(Br)c(=O)[nH]c2=O)[C@H](O)[C@@]1(O)Cl. The van der Waals surface area contributed by atoms with E-state index in [-0.39, 0.29) is 4.47 Å². The summed E-state index contributed by atoms with van der Waals surface area (Å²) in [7, 11) is -3.97. The van der Waals surface area contributed by atoms with E-state index in [1.807, 2.05) is 4.98 Å². The Morgan fingerprint density at radius 2 is 2.20 bits per heavy atom. The van der Waals surface area contributed by atoms with Gasteiger partial charge in [-0.25, -0.2) is 4.79 Å². The van der Waals surface area contributed by atoms with Crippen molar-refractivity contribution in [3.8, 4) is 0 Å². The second-order valence-electron chi connectivity index (χ2n) is 5.26. The molecule has 0 amide bonds. The summed E-state index contributed by atoms with van der Waals surface area (Å²) in [6.45, 7) is 3.38. The molecule has 25 heavy (non-hydrogen) atoms. The number of aliphatic hydroxyl groups excluding tert-OH is 1. The number of aliphatic hydroxyl groups is 2. The van der Waals surface area contributed by atoms with Crippen molar-refractivity contribution in [2.45, 2.75) is 29.6 Å². The van der Waals surface area contributed by atoms with Gasteiger partial charge < -0.3 is 14.9 Å². The molecule has 13 heteroatoms. The van der Waals surface area contributed by atoms with Gasteiger partial charge in [0.05, 0.1) is 10.7 Å². The minimum absolute atomic E-state index is 0.0443. The van der Waals surface area contributed by atoms with Crippen LogP contribution < -0.4 is 11.2 Å². The van der Waals surface area contributed by atoms with E-state index in [1.165, 1.54) is 0 Å². The van der Waals surface area contributed by atoms with Gasteiger partial charge in [0, 0.05) is 6.20 Å². The summed E-state index contributed by atoms with van der Waals surface area (Å²) in [4.78, 5) is 25.3. The van der Waals surface area contributed by atoms with Gasteiger partial charge in [0.2, 0.25) is 0 Å². The van der Waals surface area contributed by atoms with E-state index in [2.05, 4.69) is 22.5 Å². The molecule has 1 fully saturated rings. The average molecular weight is 462 g/mol. The second kappa shape index (κ2) is 6.95. The van der Waals surface area contributed by atoms with Crippen LogP contribution in [0.25, 0.3) is 0 Å². The smallest absolute Gasteiger partial charge is 0.330 e. The van der Waals surface area contributed by atoms with Crippen molar-refractivity contribution in [2.24, 2.45) is 0 Å². The van der Waals surface area contributed by atoms with Crippen LogP contribution in [-0.4, -0.2) is 57.8 Å². The lowest BCUT2D eigenvalue weighted by atomic mass is 10.0. The topological polar surface area (TPSA) is 148 Å². The Morgan fingerprint density at radius 3 is 2.72 bits per heavy atom. The second-order valence-corrected chi connectivity index (χ2v) is 8.32. The van der Waals surface area contributed by atoms with E-state index in [0.29, 0.717) is 0 Å². The number of ether oxygens (including phenoxy) is 1. The summed E-state index contributed by atoms with van der Waals surface area (Å²) in [6, 6.07) is 0. The molecule has 1 aliphatic heterocycles. The third-order valence-corrected chi connectivity index (χ3v) is 4.96. The number of nitrogens with zero attached hydrogens (tertiary/aromatic N) is 1. The van der Waals surface area contributed by atoms with E-state index in [4.69, 9.17) is 20.5 Å². The summed E-state index contributed by atoms with van der Waals surface area (Å²) in [6.07, 6.45) is -3.61. The fourth-order valence-electron chi connectivity index (χ4n) is 2.28. The third-order valence-electron chi connectivity index (χ3n) is 3.39. The number of alkyl halides is 1. The van der Waals surface area contributed by atoms with Gasteiger partial charge in [-0.3, -0.25) is 18.5 Å². The van der Waals surface area contributed by atoms with Gasteiger partial charge in [-0.15, -0.1) is 6.58 Å². The van der Waals surface area contributed by atoms with Gasteiger partial charge >= 0.3 is 5.69 Å². The molecule has 1 aromatic rings. The number of hydrogen-bond donors (Lipinski definition) is 3. The molecule has 0 saturated carbocycles. The van der Waals surface area contributed by atoms with E-state index >= 15 is 0 Å². The Kier molecular flexibility index (Phi) is 5.64. The molecule has 10 nitrogen and oxygen atoms in total. The van der Waals surface area contributed by atoms with Gasteiger partial charge in [-0.1, -0.05) is 17.7 Å². The van der Waals surface area contributed by atoms with Crippen LogP contribution >= 0.6 is 27.5 Å². The van der Waals surface area contributed by atoms with E-state index in [9.17, 15) is 28.2 Å². The quantitative estimate of drug-likeness (QED) is 0.288. The molecule has 1 aromatic heterocycles. The Labute approximate surface area is 154 Å². The molecule has 140 valence electrons. The van der Waals surface area contributed by atoms with Gasteiger partial charge in [0.25, 0.3) is 15.7 Å². The summed E-state index contributed by atoms with van der Waals surface area (Å²) >= 11 is 8.83. The molecule has 1 saturated heterocycles. The number of H-pyrrole nitrogens is 1. The molecular weight excluding hydrogens is 448 g/mol. The molecule has 0 aromatic carbocycles. The lowest BCUT2D eigenvalue weighted by molar-refractivity contribution is -0.0705. The zero-order chi connectivity index (χ0) is 19.2. The first kappa shape index (κ1) is 20.3. The number of aromatic amines is 1. The van der Waals surface area contributed by atoms with Gasteiger partial charge in [0.15, 0.2) is 11.3 Å². The predicted molar refractivity (Wildman–Crippen MR) is 89.7 cm³/mol. The average Bonchev–Trinajstić information content (AvgIpc) is 2.71. The zero-order valence-electron chi connectivity index (χ0n) is 12.6. The van der Waals surface area contributed by atoms with Crippen molar-refractivity contribution in [1.82, 2.24) is 9.55 Å². The van der Waals surface area contributed by atoms with E-state index < -0.39 is 51.0 Å². The van der Waals surface area contributed by atoms with Crippen molar-refractivity contribution in [2.75, 3.05) is 6.26 Å². The zero-order valence-corrected chi connectivity index (χ0v) is 15.8. The summed E-state index contributed by atoms with van der Waals surface area (Å²) in [5.41, 5.74) is -1.65. The Morgan fingerprint density at radius 1 is 1.60 bits per heavy atom. The van der Waals surface area contributed by atoms with E-state index in [1.54, 1.807) is 0 Å². The number of nitrogens with one attached hydrogen (secondary N) is 1. The maximum Gasteiger partial charge on any atom is 0.330 e. The van der Waals surface area contributed by atoms with Crippen molar-refractivity contribution >= 4 is 37.6 Å². The monoisotopic (exact) mass is 460 g/mol. The van der Waals surface area contributed by atoms with Gasteiger partial charge in [-0.2, -0.15) is 8.42 Å². The maximum atomic E-state index is 11.9. The van der Waals surface area contributed by atoms with Crippen LogP contribution in [0.1, 0.15) is 6.23 Å². The van der Waals surface area contributed by atoms with Crippen LogP contribution in [-0.2, 0) is 19.0 Å². The fraction of sp³-hybridized carbons (Fsp3) is 0.500. The molecule has 2 rings (SSSR count). The third kappa shape index (κ3) is 4.05. The summed E-state index contributed by atoms with van der Waals surface area (Å²) < 4.78 is 33.5. The standard InChI is InChI=1S/C12H14BrClN2O8S/c1-3-6(24-25(2,21)22)8-12(14,20)7(17)10(23-8)16-4-5(13)9(18)15-11(16)19/h3-4,6-8,10,17,20H,1H2,2H3,(H,15,18,19)/t6?,7-,8+,10+,12-/m0/s1.